The Balaban J connectivity index is 2.20. The number of rotatable bonds is 6. The normalized spacial score (nSPS) is 11.8. The van der Waals surface area contributed by atoms with Gasteiger partial charge >= 0.3 is 0 Å². The fourth-order valence-electron chi connectivity index (χ4n) is 2.24. The molecule has 0 aliphatic carbocycles. The SMILES string of the molecule is CCn1nc(C)c(Br)c1CN(Cc1cccs1)C(C)C. The Morgan fingerprint density at radius 1 is 1.40 bits per heavy atom. The summed E-state index contributed by atoms with van der Waals surface area (Å²) < 4.78 is 3.25. The molecule has 0 amide bonds. The third-order valence-corrected chi connectivity index (χ3v) is 5.37. The molecule has 0 aliphatic rings. The molecule has 5 heteroatoms. The Hall–Kier alpha value is -0.650. The second kappa shape index (κ2) is 6.87. The highest BCUT2D eigenvalue weighted by Crippen LogP contribution is 2.24. The van der Waals surface area contributed by atoms with E-state index >= 15 is 0 Å². The highest BCUT2D eigenvalue weighted by atomic mass is 79.9. The lowest BCUT2D eigenvalue weighted by Gasteiger charge is -2.26. The molecule has 0 spiro atoms. The zero-order chi connectivity index (χ0) is 14.7. The summed E-state index contributed by atoms with van der Waals surface area (Å²) in [4.78, 5) is 3.90. The molecule has 0 aliphatic heterocycles. The van der Waals surface area contributed by atoms with Crippen LogP contribution in [0.5, 0.6) is 0 Å². The first-order valence-electron chi connectivity index (χ1n) is 7.01. The Morgan fingerprint density at radius 2 is 2.15 bits per heavy atom. The first-order valence-corrected chi connectivity index (χ1v) is 8.68. The standard InChI is InChI=1S/C15H22BrN3S/c1-5-19-14(15(16)12(4)17-19)10-18(11(2)3)9-13-7-6-8-20-13/h6-8,11H,5,9-10H2,1-4H3. The second-order valence-electron chi connectivity index (χ2n) is 5.24. The van der Waals surface area contributed by atoms with E-state index in [9.17, 15) is 0 Å². The molecule has 0 fully saturated rings. The van der Waals surface area contributed by atoms with Crippen molar-refractivity contribution in [2.45, 2.75) is 53.4 Å². The molecule has 0 radical (unpaired) electrons. The van der Waals surface area contributed by atoms with Crippen LogP contribution in [0.3, 0.4) is 0 Å². The van der Waals surface area contributed by atoms with Gasteiger partial charge in [0.15, 0.2) is 0 Å². The minimum absolute atomic E-state index is 0.504. The maximum atomic E-state index is 4.58. The van der Waals surface area contributed by atoms with Crippen LogP contribution in [0.2, 0.25) is 0 Å². The fourth-order valence-corrected chi connectivity index (χ4v) is 3.37. The van der Waals surface area contributed by atoms with Crippen LogP contribution in [0.15, 0.2) is 22.0 Å². The average molecular weight is 356 g/mol. The van der Waals surface area contributed by atoms with Crippen molar-refractivity contribution in [1.29, 1.82) is 0 Å². The minimum atomic E-state index is 0.504. The molecule has 0 unspecified atom stereocenters. The van der Waals surface area contributed by atoms with E-state index in [4.69, 9.17) is 0 Å². The summed E-state index contributed by atoms with van der Waals surface area (Å²) in [6, 6.07) is 4.83. The molecule has 0 N–H and O–H groups in total. The van der Waals surface area contributed by atoms with Gasteiger partial charge in [0.05, 0.1) is 15.9 Å². The fraction of sp³-hybridized carbons (Fsp3) is 0.533. The van der Waals surface area contributed by atoms with Gasteiger partial charge in [-0.15, -0.1) is 11.3 Å². The van der Waals surface area contributed by atoms with Gasteiger partial charge in [0.2, 0.25) is 0 Å². The van der Waals surface area contributed by atoms with Crippen LogP contribution in [0.1, 0.15) is 37.0 Å². The highest BCUT2D eigenvalue weighted by Gasteiger charge is 2.18. The van der Waals surface area contributed by atoms with Crippen LogP contribution in [0.4, 0.5) is 0 Å². The Bertz CT molecular complexity index is 546. The van der Waals surface area contributed by atoms with E-state index in [1.165, 1.54) is 10.6 Å². The van der Waals surface area contributed by atoms with E-state index in [1.54, 1.807) is 0 Å². The van der Waals surface area contributed by atoms with Crippen molar-refractivity contribution in [2.24, 2.45) is 0 Å². The van der Waals surface area contributed by atoms with Gasteiger partial charge in [0, 0.05) is 30.6 Å². The first kappa shape index (κ1) is 15.7. The minimum Gasteiger partial charge on any atom is -0.290 e. The van der Waals surface area contributed by atoms with Crippen molar-refractivity contribution in [1.82, 2.24) is 14.7 Å². The molecule has 2 aromatic rings. The number of aryl methyl sites for hydroxylation is 2. The van der Waals surface area contributed by atoms with Crippen LogP contribution in [0, 0.1) is 6.92 Å². The first-order chi connectivity index (χ1) is 9.52. The maximum absolute atomic E-state index is 4.58. The Morgan fingerprint density at radius 3 is 2.70 bits per heavy atom. The Labute approximate surface area is 133 Å². The lowest BCUT2D eigenvalue weighted by Crippen LogP contribution is -2.30. The third kappa shape index (κ3) is 3.51. The summed E-state index contributed by atoms with van der Waals surface area (Å²) in [5.74, 6) is 0. The lowest BCUT2D eigenvalue weighted by atomic mass is 10.2. The lowest BCUT2D eigenvalue weighted by molar-refractivity contribution is 0.199. The van der Waals surface area contributed by atoms with Gasteiger partial charge < -0.3 is 0 Å². The van der Waals surface area contributed by atoms with E-state index in [0.29, 0.717) is 6.04 Å². The molecule has 2 aromatic heterocycles. The maximum Gasteiger partial charge on any atom is 0.0739 e. The van der Waals surface area contributed by atoms with E-state index in [2.05, 4.69) is 75.8 Å². The Kier molecular flexibility index (Phi) is 5.41. The highest BCUT2D eigenvalue weighted by molar-refractivity contribution is 9.10. The summed E-state index contributed by atoms with van der Waals surface area (Å²) in [6.45, 7) is 11.5. The van der Waals surface area contributed by atoms with Crippen molar-refractivity contribution in [3.05, 3.63) is 38.3 Å². The van der Waals surface area contributed by atoms with Crippen molar-refractivity contribution < 1.29 is 0 Å². The number of halogens is 1. The molecule has 20 heavy (non-hydrogen) atoms. The number of aromatic nitrogens is 2. The zero-order valence-electron chi connectivity index (χ0n) is 12.6. The zero-order valence-corrected chi connectivity index (χ0v) is 15.0. The number of hydrogen-bond acceptors (Lipinski definition) is 3. The van der Waals surface area contributed by atoms with E-state index < -0.39 is 0 Å². The van der Waals surface area contributed by atoms with Crippen LogP contribution >= 0.6 is 27.3 Å². The van der Waals surface area contributed by atoms with Gasteiger partial charge in [-0.25, -0.2) is 0 Å². The van der Waals surface area contributed by atoms with Crippen molar-refractivity contribution in [3.63, 3.8) is 0 Å². The van der Waals surface area contributed by atoms with Crippen LogP contribution in [-0.4, -0.2) is 20.7 Å². The summed E-state index contributed by atoms with van der Waals surface area (Å²) in [5.41, 5.74) is 2.34. The quantitative estimate of drug-likeness (QED) is 0.763. The van der Waals surface area contributed by atoms with Crippen LogP contribution in [0.25, 0.3) is 0 Å². The smallest absolute Gasteiger partial charge is 0.0739 e. The summed E-state index contributed by atoms with van der Waals surface area (Å²) in [7, 11) is 0. The summed E-state index contributed by atoms with van der Waals surface area (Å²) >= 11 is 5.51. The molecule has 0 saturated carbocycles. The van der Waals surface area contributed by atoms with Gasteiger partial charge in [-0.3, -0.25) is 9.58 Å². The molecular weight excluding hydrogens is 334 g/mol. The molecule has 2 heterocycles. The van der Waals surface area contributed by atoms with Gasteiger partial charge in [0.1, 0.15) is 0 Å². The topological polar surface area (TPSA) is 21.1 Å². The van der Waals surface area contributed by atoms with Crippen LogP contribution < -0.4 is 0 Å². The van der Waals surface area contributed by atoms with Crippen molar-refractivity contribution >= 4 is 27.3 Å². The molecule has 0 atom stereocenters. The largest absolute Gasteiger partial charge is 0.290 e. The van der Waals surface area contributed by atoms with Gasteiger partial charge in [-0.2, -0.15) is 5.10 Å². The molecule has 0 saturated heterocycles. The third-order valence-electron chi connectivity index (χ3n) is 3.48. The predicted octanol–water partition coefficient (Wildman–Crippen LogP) is 4.45. The predicted molar refractivity (Wildman–Crippen MR) is 89.0 cm³/mol. The van der Waals surface area contributed by atoms with E-state index in [-0.39, 0.29) is 0 Å². The van der Waals surface area contributed by atoms with Gasteiger partial charge in [-0.05, 0) is 55.1 Å². The van der Waals surface area contributed by atoms with Gasteiger partial charge in [0.25, 0.3) is 0 Å². The summed E-state index contributed by atoms with van der Waals surface area (Å²) in [5, 5.41) is 6.73. The monoisotopic (exact) mass is 355 g/mol. The van der Waals surface area contributed by atoms with Gasteiger partial charge in [-0.1, -0.05) is 6.07 Å². The average Bonchev–Trinajstić information content (AvgIpc) is 3.00. The molecule has 110 valence electrons. The number of thiophene rings is 1. The number of hydrogen-bond donors (Lipinski definition) is 0. The van der Waals surface area contributed by atoms with E-state index in [0.717, 1.165) is 29.8 Å². The number of nitrogens with zero attached hydrogens (tertiary/aromatic N) is 3. The molecular formula is C15H22BrN3S. The molecule has 3 nitrogen and oxygen atoms in total. The van der Waals surface area contributed by atoms with Crippen LogP contribution in [-0.2, 0) is 19.6 Å². The second-order valence-corrected chi connectivity index (χ2v) is 7.07. The van der Waals surface area contributed by atoms with Crippen molar-refractivity contribution in [2.75, 3.05) is 0 Å². The van der Waals surface area contributed by atoms with E-state index in [1.807, 2.05) is 11.3 Å². The molecule has 0 bridgehead atoms. The summed E-state index contributed by atoms with van der Waals surface area (Å²) in [6.07, 6.45) is 0. The van der Waals surface area contributed by atoms with Crippen molar-refractivity contribution in [3.8, 4) is 0 Å². The molecule has 0 aromatic carbocycles. The molecule has 2 rings (SSSR count).